The van der Waals surface area contributed by atoms with Crippen LogP contribution >= 0.6 is 0 Å². The summed E-state index contributed by atoms with van der Waals surface area (Å²) in [7, 11) is 4.13. The van der Waals surface area contributed by atoms with E-state index in [2.05, 4.69) is 29.3 Å². The van der Waals surface area contributed by atoms with Gasteiger partial charge in [0, 0.05) is 32.9 Å². The Morgan fingerprint density at radius 2 is 2.25 bits per heavy atom. The van der Waals surface area contributed by atoms with E-state index in [1.165, 1.54) is 19.4 Å². The van der Waals surface area contributed by atoms with E-state index in [0.29, 0.717) is 0 Å². The number of hydrogen-bond acceptors (Lipinski definition) is 3. The Bertz CT molecular complexity index is 282. The molecule has 1 aromatic heterocycles. The Morgan fingerprint density at radius 1 is 1.44 bits per heavy atom. The van der Waals surface area contributed by atoms with Gasteiger partial charge in [0.05, 0.1) is 5.69 Å². The molecule has 0 unspecified atom stereocenters. The highest BCUT2D eigenvalue weighted by atomic mass is 15.3. The van der Waals surface area contributed by atoms with E-state index < -0.39 is 0 Å². The van der Waals surface area contributed by atoms with E-state index in [9.17, 15) is 0 Å². The molecule has 0 saturated carbocycles. The smallest absolute Gasteiger partial charge is 0.0762 e. The zero-order valence-electron chi connectivity index (χ0n) is 10.7. The summed E-state index contributed by atoms with van der Waals surface area (Å²) in [6, 6.07) is 2.05. The fraction of sp³-hybridized carbons (Fsp3) is 0.750. The van der Waals surface area contributed by atoms with E-state index in [1.54, 1.807) is 0 Å². The van der Waals surface area contributed by atoms with Crippen molar-refractivity contribution in [3.8, 4) is 0 Å². The predicted octanol–water partition coefficient (Wildman–Crippen LogP) is 1.24. The van der Waals surface area contributed by atoms with Crippen LogP contribution in [0.15, 0.2) is 12.3 Å². The lowest BCUT2D eigenvalue weighted by molar-refractivity contribution is 0.325. The molecule has 0 amide bonds. The van der Waals surface area contributed by atoms with E-state index in [4.69, 9.17) is 0 Å². The van der Waals surface area contributed by atoms with E-state index in [1.807, 2.05) is 24.0 Å². The van der Waals surface area contributed by atoms with Gasteiger partial charge in [0.1, 0.15) is 0 Å². The molecule has 0 saturated heterocycles. The molecule has 4 nitrogen and oxygen atoms in total. The maximum Gasteiger partial charge on any atom is 0.0762 e. The molecule has 0 spiro atoms. The lowest BCUT2D eigenvalue weighted by Crippen LogP contribution is -2.29. The van der Waals surface area contributed by atoms with Gasteiger partial charge in [0.2, 0.25) is 0 Å². The average Bonchev–Trinajstić information content (AvgIpc) is 2.67. The molecule has 1 rings (SSSR count). The van der Waals surface area contributed by atoms with Crippen LogP contribution in [0.3, 0.4) is 0 Å². The van der Waals surface area contributed by atoms with Crippen LogP contribution < -0.4 is 5.32 Å². The fourth-order valence-corrected chi connectivity index (χ4v) is 1.58. The second-order valence-corrected chi connectivity index (χ2v) is 4.31. The third-order valence-corrected chi connectivity index (χ3v) is 2.64. The molecule has 0 aromatic carbocycles. The number of aryl methyl sites for hydroxylation is 1. The molecule has 0 bridgehead atoms. The highest BCUT2D eigenvalue weighted by molar-refractivity contribution is 4.97. The second-order valence-electron chi connectivity index (χ2n) is 4.31. The molecule has 1 aromatic rings. The maximum atomic E-state index is 4.32. The van der Waals surface area contributed by atoms with Crippen molar-refractivity contribution in [3.63, 3.8) is 0 Å². The van der Waals surface area contributed by atoms with Gasteiger partial charge < -0.3 is 10.2 Å². The van der Waals surface area contributed by atoms with Crippen molar-refractivity contribution < 1.29 is 0 Å². The van der Waals surface area contributed by atoms with Crippen LogP contribution in [-0.4, -0.2) is 41.4 Å². The minimum atomic E-state index is 0.864. The van der Waals surface area contributed by atoms with Gasteiger partial charge in [-0.2, -0.15) is 5.10 Å². The van der Waals surface area contributed by atoms with Gasteiger partial charge >= 0.3 is 0 Å². The number of aromatic nitrogens is 2. The number of hydrogen-bond donors (Lipinski definition) is 1. The summed E-state index contributed by atoms with van der Waals surface area (Å²) in [5.74, 6) is 0. The predicted molar refractivity (Wildman–Crippen MR) is 67.3 cm³/mol. The van der Waals surface area contributed by atoms with Crippen molar-refractivity contribution in [1.29, 1.82) is 0 Å². The molecule has 0 aliphatic rings. The summed E-state index contributed by atoms with van der Waals surface area (Å²) in [6.07, 6.45) is 4.53. The molecule has 0 atom stereocenters. The number of nitrogens with zero attached hydrogens (tertiary/aromatic N) is 3. The Labute approximate surface area is 98.6 Å². The van der Waals surface area contributed by atoms with Gasteiger partial charge in [-0.05, 0) is 26.1 Å². The van der Waals surface area contributed by atoms with Gasteiger partial charge in [0.15, 0.2) is 0 Å². The second kappa shape index (κ2) is 7.41. The van der Waals surface area contributed by atoms with Crippen molar-refractivity contribution in [2.24, 2.45) is 7.05 Å². The Balaban J connectivity index is 2.03. The first-order valence-electron chi connectivity index (χ1n) is 6.10. The maximum absolute atomic E-state index is 4.32. The van der Waals surface area contributed by atoms with Crippen LogP contribution in [0, 0.1) is 0 Å². The normalized spacial score (nSPS) is 11.2. The summed E-state index contributed by atoms with van der Waals surface area (Å²) in [5.41, 5.74) is 1.11. The first-order valence-corrected chi connectivity index (χ1v) is 6.10. The Kier molecular flexibility index (Phi) is 6.11. The fourth-order valence-electron chi connectivity index (χ4n) is 1.58. The number of likely N-dealkylation sites (N-methyl/N-ethyl adjacent to an activating group) is 1. The van der Waals surface area contributed by atoms with Crippen LogP contribution in [0.5, 0.6) is 0 Å². The molecule has 0 aliphatic carbocycles. The minimum absolute atomic E-state index is 0.864. The van der Waals surface area contributed by atoms with Crippen LogP contribution in [0.25, 0.3) is 0 Å². The molecule has 0 aliphatic heterocycles. The highest BCUT2D eigenvalue weighted by Crippen LogP contribution is 1.93. The van der Waals surface area contributed by atoms with Crippen molar-refractivity contribution in [3.05, 3.63) is 18.0 Å². The van der Waals surface area contributed by atoms with Crippen LogP contribution in [0.2, 0.25) is 0 Å². The van der Waals surface area contributed by atoms with Gasteiger partial charge in [-0.25, -0.2) is 0 Å². The molecular weight excluding hydrogens is 200 g/mol. The van der Waals surface area contributed by atoms with Crippen LogP contribution in [0.4, 0.5) is 0 Å². The third-order valence-electron chi connectivity index (χ3n) is 2.64. The first kappa shape index (κ1) is 13.2. The molecule has 92 valence electrons. The van der Waals surface area contributed by atoms with Crippen molar-refractivity contribution >= 4 is 0 Å². The summed E-state index contributed by atoms with van der Waals surface area (Å²) in [6.45, 7) is 6.42. The third kappa shape index (κ3) is 5.28. The lowest BCUT2D eigenvalue weighted by atomic mass is 10.3. The molecule has 16 heavy (non-hydrogen) atoms. The van der Waals surface area contributed by atoms with Crippen molar-refractivity contribution in [2.75, 3.05) is 26.7 Å². The number of unbranched alkanes of at least 4 members (excludes halogenated alkanes) is 1. The summed E-state index contributed by atoms with van der Waals surface area (Å²) in [4.78, 5) is 2.37. The molecule has 0 radical (unpaired) electrons. The van der Waals surface area contributed by atoms with E-state index in [-0.39, 0.29) is 0 Å². The minimum Gasteiger partial charge on any atom is -0.310 e. The van der Waals surface area contributed by atoms with Crippen molar-refractivity contribution in [2.45, 2.75) is 26.3 Å². The van der Waals surface area contributed by atoms with E-state index in [0.717, 1.165) is 25.3 Å². The zero-order valence-corrected chi connectivity index (χ0v) is 10.7. The standard InChI is InChI=1S/C12H24N4/c1-4-5-8-15(2)10-7-13-11-12-6-9-16(3)14-12/h6,9,13H,4-5,7-8,10-11H2,1-3H3. The number of rotatable bonds is 8. The summed E-state index contributed by atoms with van der Waals surface area (Å²) < 4.78 is 1.84. The number of nitrogens with one attached hydrogen (secondary N) is 1. The molecule has 1 heterocycles. The molecule has 4 heteroatoms. The SMILES string of the molecule is CCCCN(C)CCNCc1ccn(C)n1. The zero-order chi connectivity index (χ0) is 11.8. The Morgan fingerprint density at radius 3 is 2.88 bits per heavy atom. The quantitative estimate of drug-likeness (QED) is 0.675. The lowest BCUT2D eigenvalue weighted by Gasteiger charge is -2.15. The van der Waals surface area contributed by atoms with Crippen LogP contribution in [-0.2, 0) is 13.6 Å². The Hall–Kier alpha value is -0.870. The largest absolute Gasteiger partial charge is 0.310 e. The average molecular weight is 224 g/mol. The van der Waals surface area contributed by atoms with Gasteiger partial charge in [-0.15, -0.1) is 0 Å². The van der Waals surface area contributed by atoms with E-state index >= 15 is 0 Å². The van der Waals surface area contributed by atoms with Gasteiger partial charge in [0.25, 0.3) is 0 Å². The van der Waals surface area contributed by atoms with Gasteiger partial charge in [-0.3, -0.25) is 4.68 Å². The summed E-state index contributed by atoms with van der Waals surface area (Å²) in [5, 5.41) is 7.72. The highest BCUT2D eigenvalue weighted by Gasteiger charge is 1.98. The summed E-state index contributed by atoms with van der Waals surface area (Å²) >= 11 is 0. The first-order chi connectivity index (χ1) is 7.72. The van der Waals surface area contributed by atoms with Gasteiger partial charge in [-0.1, -0.05) is 13.3 Å². The van der Waals surface area contributed by atoms with Crippen LogP contribution in [0.1, 0.15) is 25.5 Å². The molecule has 0 fully saturated rings. The molecular formula is C12H24N4. The topological polar surface area (TPSA) is 33.1 Å². The van der Waals surface area contributed by atoms with Crippen molar-refractivity contribution in [1.82, 2.24) is 20.0 Å². The monoisotopic (exact) mass is 224 g/mol. The molecule has 1 N–H and O–H groups in total.